The van der Waals surface area contributed by atoms with Crippen LogP contribution in [0, 0.1) is 10.1 Å². The Morgan fingerprint density at radius 1 is 0.808 bits per heavy atom. The van der Waals surface area contributed by atoms with Crippen LogP contribution in [-0.4, -0.2) is 17.4 Å². The topological polar surface area (TPSA) is 70.8 Å². The second-order valence-corrected chi connectivity index (χ2v) is 8.37. The molecule has 0 bridgehead atoms. The van der Waals surface area contributed by atoms with Gasteiger partial charge in [-0.2, -0.15) is 0 Å². The van der Waals surface area contributed by atoms with Crippen LogP contribution >= 0.6 is 34.0 Å². The summed E-state index contributed by atoms with van der Waals surface area (Å²) in [6, 6.07) is 11.4. The molecule has 3 heterocycles. The molecule has 6 nitrogen and oxygen atoms in total. The van der Waals surface area contributed by atoms with Crippen LogP contribution in [0.3, 0.4) is 0 Å². The van der Waals surface area contributed by atoms with Crippen molar-refractivity contribution in [2.75, 3.05) is 6.54 Å². The molecule has 0 aliphatic carbocycles. The highest BCUT2D eigenvalue weighted by Crippen LogP contribution is 2.25. The molecular formula is C17H17NO5S3. The highest BCUT2D eigenvalue weighted by atomic mass is 32.1. The van der Waals surface area contributed by atoms with Gasteiger partial charge in [-0.25, -0.2) is 0 Å². The minimum Gasteiger partial charge on any atom is -0.317 e. The second kappa shape index (κ2) is 9.36. The molecular weight excluding hydrogens is 394 g/mol. The molecule has 138 valence electrons. The summed E-state index contributed by atoms with van der Waals surface area (Å²) in [6.07, 6.45) is 0. The fraction of sp³-hybridized carbons (Fsp3) is 0.294. The molecule has 3 rings (SSSR count). The first-order valence-corrected chi connectivity index (χ1v) is 10.4. The molecule has 3 aromatic heterocycles. The molecule has 0 saturated carbocycles. The quantitative estimate of drug-likeness (QED) is 0.259. The van der Waals surface area contributed by atoms with Crippen molar-refractivity contribution >= 4 is 34.0 Å². The van der Waals surface area contributed by atoms with E-state index in [9.17, 15) is 10.1 Å². The molecule has 0 fully saturated rings. The van der Waals surface area contributed by atoms with Crippen LogP contribution in [0.2, 0.25) is 0 Å². The van der Waals surface area contributed by atoms with Crippen molar-refractivity contribution in [1.29, 1.82) is 0 Å². The molecule has 9 heteroatoms. The van der Waals surface area contributed by atoms with E-state index < -0.39 is 17.4 Å². The predicted molar refractivity (Wildman–Crippen MR) is 102 cm³/mol. The Hall–Kier alpha value is -1.62. The Morgan fingerprint density at radius 2 is 1.19 bits per heavy atom. The number of nitro groups is 1. The lowest BCUT2D eigenvalue weighted by Gasteiger charge is -2.29. The van der Waals surface area contributed by atoms with Crippen LogP contribution in [0.15, 0.2) is 52.5 Å². The number of rotatable bonds is 11. The third kappa shape index (κ3) is 5.70. The number of hydrogen-bond donors (Lipinski definition) is 0. The summed E-state index contributed by atoms with van der Waals surface area (Å²) in [5.41, 5.74) is 0. The summed E-state index contributed by atoms with van der Waals surface area (Å²) in [7, 11) is 0. The average Bonchev–Trinajstić information content (AvgIpc) is 3.39. The van der Waals surface area contributed by atoms with Crippen LogP contribution in [0.5, 0.6) is 0 Å². The first-order chi connectivity index (χ1) is 12.7. The van der Waals surface area contributed by atoms with Crippen molar-refractivity contribution in [3.05, 3.63) is 77.3 Å². The fourth-order valence-electron chi connectivity index (χ4n) is 2.15. The van der Waals surface area contributed by atoms with E-state index in [0.717, 1.165) is 14.6 Å². The van der Waals surface area contributed by atoms with Gasteiger partial charge < -0.3 is 14.2 Å². The van der Waals surface area contributed by atoms with Gasteiger partial charge in [-0.1, -0.05) is 18.2 Å². The molecule has 3 aromatic rings. The van der Waals surface area contributed by atoms with E-state index in [-0.39, 0.29) is 19.8 Å². The number of hydrogen-bond acceptors (Lipinski definition) is 8. The van der Waals surface area contributed by atoms with E-state index in [4.69, 9.17) is 14.2 Å². The van der Waals surface area contributed by atoms with Gasteiger partial charge in [0.15, 0.2) is 0 Å². The second-order valence-electron chi connectivity index (χ2n) is 5.28. The van der Waals surface area contributed by atoms with E-state index in [1.165, 1.54) is 34.0 Å². The van der Waals surface area contributed by atoms with Gasteiger partial charge in [-0.15, -0.1) is 34.0 Å². The molecule has 26 heavy (non-hydrogen) atoms. The molecule has 0 radical (unpaired) electrons. The summed E-state index contributed by atoms with van der Waals surface area (Å²) in [5, 5.41) is 17.0. The van der Waals surface area contributed by atoms with Crippen molar-refractivity contribution in [2.24, 2.45) is 0 Å². The summed E-state index contributed by atoms with van der Waals surface area (Å²) in [4.78, 5) is 13.6. The number of nitrogens with zero attached hydrogens (tertiary/aromatic N) is 1. The zero-order valence-electron chi connectivity index (χ0n) is 13.7. The van der Waals surface area contributed by atoms with Gasteiger partial charge in [-0.05, 0) is 34.3 Å². The summed E-state index contributed by atoms with van der Waals surface area (Å²) in [6.45, 7) is -0.0592. The highest BCUT2D eigenvalue weighted by molar-refractivity contribution is 7.10. The fourth-order valence-corrected chi connectivity index (χ4v) is 4.00. The first-order valence-electron chi connectivity index (χ1n) is 7.76. The van der Waals surface area contributed by atoms with Crippen LogP contribution in [0.25, 0.3) is 0 Å². The van der Waals surface area contributed by atoms with Crippen LogP contribution in [0.4, 0.5) is 0 Å². The SMILES string of the molecule is O=[N+]([O-])CC(OCc1cccs1)(OCc1cccs1)OCc1cccs1. The Labute approximate surface area is 162 Å². The molecule has 0 amide bonds. The molecule has 0 unspecified atom stereocenters. The van der Waals surface area contributed by atoms with Gasteiger partial charge in [0.1, 0.15) is 0 Å². The van der Waals surface area contributed by atoms with Crippen molar-refractivity contribution in [2.45, 2.75) is 25.8 Å². The monoisotopic (exact) mass is 411 g/mol. The third-order valence-corrected chi connectivity index (χ3v) is 5.92. The van der Waals surface area contributed by atoms with E-state index in [1.807, 2.05) is 52.5 Å². The van der Waals surface area contributed by atoms with E-state index in [2.05, 4.69) is 0 Å². The van der Waals surface area contributed by atoms with Gasteiger partial charge in [0.25, 0.3) is 6.54 Å². The lowest BCUT2D eigenvalue weighted by molar-refractivity contribution is -0.560. The summed E-state index contributed by atoms with van der Waals surface area (Å²) in [5.74, 6) is -1.75. The Bertz CT molecular complexity index is 678. The van der Waals surface area contributed by atoms with Gasteiger partial charge >= 0.3 is 5.97 Å². The van der Waals surface area contributed by atoms with E-state index >= 15 is 0 Å². The smallest absolute Gasteiger partial charge is 0.317 e. The Kier molecular flexibility index (Phi) is 6.89. The summed E-state index contributed by atoms with van der Waals surface area (Å²) < 4.78 is 17.4. The zero-order chi connectivity index (χ0) is 18.2. The summed E-state index contributed by atoms with van der Waals surface area (Å²) >= 11 is 4.54. The lowest BCUT2D eigenvalue weighted by atomic mass is 10.4. The molecule has 0 aliphatic heterocycles. The minimum atomic E-state index is -1.75. The van der Waals surface area contributed by atoms with Crippen molar-refractivity contribution < 1.29 is 19.1 Å². The highest BCUT2D eigenvalue weighted by Gasteiger charge is 2.41. The zero-order valence-corrected chi connectivity index (χ0v) is 16.2. The number of ether oxygens (including phenoxy) is 3. The first kappa shape index (κ1) is 19.2. The van der Waals surface area contributed by atoms with Crippen LogP contribution in [-0.2, 0) is 34.0 Å². The number of thiophene rings is 3. The largest absolute Gasteiger partial charge is 0.352 e. The van der Waals surface area contributed by atoms with Gasteiger partial charge in [0.2, 0.25) is 0 Å². The third-order valence-electron chi connectivity index (χ3n) is 3.37. The maximum Gasteiger partial charge on any atom is 0.352 e. The van der Waals surface area contributed by atoms with Gasteiger partial charge in [0.05, 0.1) is 19.8 Å². The standard InChI is InChI=1S/C17H17NO5S3/c19-18(20)13-17(21-10-14-4-1-7-24-14,22-11-15-5-2-8-25-15)23-12-16-6-3-9-26-16/h1-9H,10-13H2. The van der Waals surface area contributed by atoms with Crippen LogP contribution in [0.1, 0.15) is 14.6 Å². The lowest BCUT2D eigenvalue weighted by Crippen LogP contribution is -2.45. The molecule has 0 aromatic carbocycles. The minimum absolute atomic E-state index is 0.181. The molecule has 0 saturated heterocycles. The normalized spacial score (nSPS) is 11.7. The predicted octanol–water partition coefficient (Wildman–Crippen LogP) is 4.75. The Morgan fingerprint density at radius 3 is 1.46 bits per heavy atom. The Balaban J connectivity index is 1.74. The maximum absolute atomic E-state index is 11.3. The van der Waals surface area contributed by atoms with Gasteiger partial charge in [-0.3, -0.25) is 10.1 Å². The van der Waals surface area contributed by atoms with Gasteiger partial charge in [0, 0.05) is 19.6 Å². The maximum atomic E-state index is 11.3. The molecule has 0 N–H and O–H groups in total. The average molecular weight is 412 g/mol. The van der Waals surface area contributed by atoms with E-state index in [1.54, 1.807) is 0 Å². The van der Waals surface area contributed by atoms with Crippen molar-refractivity contribution in [3.8, 4) is 0 Å². The van der Waals surface area contributed by atoms with Crippen molar-refractivity contribution in [3.63, 3.8) is 0 Å². The molecule has 0 spiro atoms. The molecule has 0 atom stereocenters. The molecule has 0 aliphatic rings. The van der Waals surface area contributed by atoms with Crippen molar-refractivity contribution in [1.82, 2.24) is 0 Å². The van der Waals surface area contributed by atoms with E-state index in [0.29, 0.717) is 0 Å². The van der Waals surface area contributed by atoms with Crippen LogP contribution < -0.4 is 0 Å².